The zero-order valence-corrected chi connectivity index (χ0v) is 25.8. The standard InChI is InChI=1S/C34H39N3O7/c1-5-8-11-23(7-3)21-36-30-16-14-24(34(40)29(35-44-22(4)38)15-17-32(39)43-18-6-2)19-27(30)28-20-31(37(41)42)25-12-9-10-13-26(25)33(28)36/h9-10,12-14,16,19-20,23H,5-8,11,15,17-18,21H2,1-4H3. The predicted octanol–water partition coefficient (Wildman–Crippen LogP) is 7.91. The Balaban J connectivity index is 1.89. The van der Waals surface area contributed by atoms with Crippen molar-refractivity contribution in [3.05, 3.63) is 64.2 Å². The number of nitro benzene ring substituents is 1. The molecule has 232 valence electrons. The summed E-state index contributed by atoms with van der Waals surface area (Å²) >= 11 is 0. The molecule has 0 bridgehead atoms. The molecular weight excluding hydrogens is 562 g/mol. The maximum absolute atomic E-state index is 13.7. The zero-order valence-electron chi connectivity index (χ0n) is 25.8. The van der Waals surface area contributed by atoms with Crippen molar-refractivity contribution in [3.8, 4) is 0 Å². The van der Waals surface area contributed by atoms with Gasteiger partial charge in [-0.05, 0) is 43.0 Å². The van der Waals surface area contributed by atoms with Crippen molar-refractivity contribution in [3.63, 3.8) is 0 Å². The lowest BCUT2D eigenvalue weighted by molar-refractivity contribution is -0.382. The van der Waals surface area contributed by atoms with Gasteiger partial charge in [0, 0.05) is 53.2 Å². The van der Waals surface area contributed by atoms with Crippen LogP contribution in [0.5, 0.6) is 0 Å². The summed E-state index contributed by atoms with van der Waals surface area (Å²) in [5.74, 6) is -1.29. The number of nitrogens with zero attached hydrogens (tertiary/aromatic N) is 3. The molecule has 0 spiro atoms. The van der Waals surface area contributed by atoms with Crippen molar-refractivity contribution in [2.75, 3.05) is 6.61 Å². The number of unbranched alkanes of at least 4 members (excludes halogenated alkanes) is 1. The van der Waals surface area contributed by atoms with Crippen molar-refractivity contribution in [1.82, 2.24) is 4.57 Å². The second-order valence-electron chi connectivity index (χ2n) is 11.0. The molecule has 0 aliphatic heterocycles. The van der Waals surface area contributed by atoms with Gasteiger partial charge in [-0.25, -0.2) is 4.79 Å². The molecule has 0 fully saturated rings. The van der Waals surface area contributed by atoms with Crippen LogP contribution >= 0.6 is 0 Å². The molecule has 0 aliphatic rings. The first-order valence-electron chi connectivity index (χ1n) is 15.3. The SMILES string of the molecule is CCCCC(CC)Cn1c2ccc(C(=O)C(CCC(=O)OCCC)=NOC(C)=O)cc2c2cc([N+](=O)[O-])c3ccccc3c21. The molecule has 0 radical (unpaired) electrons. The summed E-state index contributed by atoms with van der Waals surface area (Å²) in [7, 11) is 0. The third-order valence-corrected chi connectivity index (χ3v) is 7.86. The van der Waals surface area contributed by atoms with E-state index < -0.39 is 17.7 Å². The van der Waals surface area contributed by atoms with Crippen molar-refractivity contribution >= 4 is 61.7 Å². The number of hydrogen-bond acceptors (Lipinski definition) is 8. The molecule has 1 unspecified atom stereocenters. The molecule has 4 rings (SSSR count). The van der Waals surface area contributed by atoms with Crippen LogP contribution in [-0.2, 0) is 25.7 Å². The van der Waals surface area contributed by atoms with Gasteiger partial charge in [-0.1, -0.05) is 63.4 Å². The number of esters is 1. The minimum Gasteiger partial charge on any atom is -0.466 e. The molecular formula is C34H39N3O7. The van der Waals surface area contributed by atoms with E-state index in [1.54, 1.807) is 30.3 Å². The Morgan fingerprint density at radius 2 is 1.70 bits per heavy atom. The smallest absolute Gasteiger partial charge is 0.331 e. The molecule has 4 aromatic rings. The van der Waals surface area contributed by atoms with Gasteiger partial charge in [-0.3, -0.25) is 19.7 Å². The second kappa shape index (κ2) is 14.7. The van der Waals surface area contributed by atoms with Gasteiger partial charge in [-0.2, -0.15) is 0 Å². The molecule has 0 saturated carbocycles. The summed E-state index contributed by atoms with van der Waals surface area (Å²) in [6.07, 6.45) is 4.72. The maximum Gasteiger partial charge on any atom is 0.331 e. The Kier molecular flexibility index (Phi) is 10.8. The van der Waals surface area contributed by atoms with E-state index >= 15 is 0 Å². The molecule has 10 heteroatoms. The second-order valence-corrected chi connectivity index (χ2v) is 11.0. The molecule has 1 aromatic heterocycles. The van der Waals surface area contributed by atoms with Crippen LogP contribution in [-0.4, -0.2) is 39.5 Å². The summed E-state index contributed by atoms with van der Waals surface area (Å²) in [6, 6.07) is 14.2. The first-order chi connectivity index (χ1) is 21.2. The Morgan fingerprint density at radius 3 is 2.36 bits per heavy atom. The van der Waals surface area contributed by atoms with Gasteiger partial charge in [0.1, 0.15) is 5.71 Å². The summed E-state index contributed by atoms with van der Waals surface area (Å²) in [4.78, 5) is 53.9. The third kappa shape index (κ3) is 7.12. The van der Waals surface area contributed by atoms with E-state index in [0.29, 0.717) is 28.5 Å². The number of aromatic nitrogens is 1. The molecule has 1 atom stereocenters. The van der Waals surface area contributed by atoms with Crippen molar-refractivity contribution in [2.24, 2.45) is 11.1 Å². The average molecular weight is 602 g/mol. The largest absolute Gasteiger partial charge is 0.466 e. The lowest BCUT2D eigenvalue weighted by Crippen LogP contribution is -2.18. The highest BCUT2D eigenvalue weighted by Crippen LogP contribution is 2.40. The maximum atomic E-state index is 13.7. The highest BCUT2D eigenvalue weighted by molar-refractivity contribution is 6.46. The van der Waals surface area contributed by atoms with E-state index in [9.17, 15) is 24.5 Å². The van der Waals surface area contributed by atoms with Gasteiger partial charge < -0.3 is 14.1 Å². The number of benzene rings is 3. The highest BCUT2D eigenvalue weighted by atomic mass is 16.7. The molecule has 1 heterocycles. The van der Waals surface area contributed by atoms with Gasteiger partial charge in [0.15, 0.2) is 0 Å². The molecule has 44 heavy (non-hydrogen) atoms. The fourth-order valence-electron chi connectivity index (χ4n) is 5.60. The van der Waals surface area contributed by atoms with E-state index in [0.717, 1.165) is 48.6 Å². The first-order valence-corrected chi connectivity index (χ1v) is 15.3. The fraction of sp³-hybridized carbons (Fsp3) is 0.412. The molecule has 0 aliphatic carbocycles. The van der Waals surface area contributed by atoms with E-state index in [1.165, 1.54) is 6.92 Å². The first kappa shape index (κ1) is 32.3. The lowest BCUT2D eigenvalue weighted by Gasteiger charge is -2.18. The van der Waals surface area contributed by atoms with Crippen LogP contribution in [0.4, 0.5) is 5.69 Å². The number of carbonyl (C=O) groups excluding carboxylic acids is 3. The lowest BCUT2D eigenvalue weighted by atomic mass is 9.99. The fourth-order valence-corrected chi connectivity index (χ4v) is 5.60. The van der Waals surface area contributed by atoms with Crippen molar-refractivity contribution in [2.45, 2.75) is 79.2 Å². The summed E-state index contributed by atoms with van der Waals surface area (Å²) in [6.45, 7) is 8.39. The molecule has 3 aromatic carbocycles. The van der Waals surface area contributed by atoms with Crippen molar-refractivity contribution < 1.29 is 28.9 Å². The normalized spacial score (nSPS) is 12.5. The van der Waals surface area contributed by atoms with Gasteiger partial charge in [0.2, 0.25) is 5.78 Å². The number of carbonyl (C=O) groups is 3. The Labute approximate surface area is 256 Å². The van der Waals surface area contributed by atoms with Gasteiger partial charge in [0.25, 0.3) is 5.69 Å². The molecule has 0 amide bonds. The number of Topliss-reactive ketones (excluding diaryl/α,β-unsaturated/α-hetero) is 1. The van der Waals surface area contributed by atoms with Crippen molar-refractivity contribution in [1.29, 1.82) is 0 Å². The topological polar surface area (TPSA) is 130 Å². The number of oxime groups is 1. The zero-order chi connectivity index (χ0) is 31.8. The number of nitro groups is 1. The number of rotatable bonds is 15. The number of hydrogen-bond donors (Lipinski definition) is 0. The number of fused-ring (bicyclic) bond motifs is 5. The van der Waals surface area contributed by atoms with Gasteiger partial charge >= 0.3 is 11.9 Å². The van der Waals surface area contributed by atoms with Gasteiger partial charge in [-0.15, -0.1) is 0 Å². The average Bonchev–Trinajstić information content (AvgIpc) is 3.33. The minimum absolute atomic E-state index is 0.00962. The van der Waals surface area contributed by atoms with Crippen LogP contribution in [0.25, 0.3) is 32.6 Å². The third-order valence-electron chi connectivity index (χ3n) is 7.86. The summed E-state index contributed by atoms with van der Waals surface area (Å²) in [5, 5.41) is 18.6. The Bertz CT molecular complexity index is 1740. The molecule has 0 N–H and O–H groups in total. The molecule has 0 saturated heterocycles. The van der Waals surface area contributed by atoms with E-state index in [-0.39, 0.29) is 41.3 Å². The van der Waals surface area contributed by atoms with Crippen LogP contribution in [0.2, 0.25) is 0 Å². The Hall–Kier alpha value is -4.60. The summed E-state index contributed by atoms with van der Waals surface area (Å²) in [5.41, 5.74) is 1.90. The van der Waals surface area contributed by atoms with Crippen LogP contribution < -0.4 is 0 Å². The summed E-state index contributed by atoms with van der Waals surface area (Å²) < 4.78 is 7.35. The van der Waals surface area contributed by atoms with Crippen LogP contribution in [0.1, 0.15) is 83.0 Å². The predicted molar refractivity (Wildman–Crippen MR) is 171 cm³/mol. The van der Waals surface area contributed by atoms with Crippen LogP contribution in [0, 0.1) is 16.0 Å². The molecule has 10 nitrogen and oxygen atoms in total. The van der Waals surface area contributed by atoms with Gasteiger partial charge in [0.05, 0.1) is 28.9 Å². The van der Waals surface area contributed by atoms with Crippen LogP contribution in [0.15, 0.2) is 53.7 Å². The quantitative estimate of drug-likeness (QED) is 0.0338. The van der Waals surface area contributed by atoms with Crippen LogP contribution in [0.3, 0.4) is 0 Å². The van der Waals surface area contributed by atoms with E-state index in [1.807, 2.05) is 25.1 Å². The van der Waals surface area contributed by atoms with E-state index in [2.05, 4.69) is 23.6 Å². The Morgan fingerprint density at radius 1 is 0.955 bits per heavy atom. The minimum atomic E-state index is -0.699. The number of ketones is 1. The number of ether oxygens (including phenoxy) is 1. The highest BCUT2D eigenvalue weighted by Gasteiger charge is 2.24. The monoisotopic (exact) mass is 601 g/mol. The number of non-ortho nitro benzene ring substituents is 1. The van der Waals surface area contributed by atoms with E-state index in [4.69, 9.17) is 9.57 Å².